The van der Waals surface area contributed by atoms with Crippen LogP contribution in [0.4, 0.5) is 0 Å². The normalized spacial score (nSPS) is 8.76. The van der Waals surface area contributed by atoms with Gasteiger partial charge in [0.1, 0.15) is 0 Å². The minimum absolute atomic E-state index is 0.145. The van der Waals surface area contributed by atoms with Crippen LogP contribution in [0.25, 0.3) is 0 Å². The highest BCUT2D eigenvalue weighted by atomic mass is 16.5. The minimum atomic E-state index is -0.596. The van der Waals surface area contributed by atoms with Crippen LogP contribution in [0.1, 0.15) is 40.3 Å². The molecule has 0 aromatic carbocycles. The van der Waals surface area contributed by atoms with Gasteiger partial charge < -0.3 is 9.47 Å². The number of aryl methyl sites for hydroxylation is 1. The number of rotatable bonds is 2. The SMILES string of the molecule is CC.COC(=O)c1ccnc(C)c1C(=O)OC. The van der Waals surface area contributed by atoms with E-state index in [-0.39, 0.29) is 11.1 Å². The number of hydrogen-bond donors (Lipinski definition) is 0. The molecule has 0 fully saturated rings. The van der Waals surface area contributed by atoms with Crippen LogP contribution in [-0.4, -0.2) is 31.1 Å². The molecule has 0 aliphatic rings. The Morgan fingerprint density at radius 1 is 1.12 bits per heavy atom. The molecule has 1 heterocycles. The van der Waals surface area contributed by atoms with Crippen LogP contribution in [0.2, 0.25) is 0 Å². The van der Waals surface area contributed by atoms with Crippen LogP contribution < -0.4 is 0 Å². The number of carbonyl (C=O) groups excluding carboxylic acids is 2. The van der Waals surface area contributed by atoms with Crippen LogP contribution in [0, 0.1) is 6.92 Å². The third-order valence-electron chi connectivity index (χ3n) is 1.94. The average molecular weight is 239 g/mol. The van der Waals surface area contributed by atoms with E-state index in [0.29, 0.717) is 5.69 Å². The molecule has 0 N–H and O–H groups in total. The van der Waals surface area contributed by atoms with Crippen molar-refractivity contribution >= 4 is 11.9 Å². The van der Waals surface area contributed by atoms with E-state index in [1.165, 1.54) is 26.5 Å². The van der Waals surface area contributed by atoms with Crippen molar-refractivity contribution in [3.63, 3.8) is 0 Å². The molecule has 1 rings (SSSR count). The van der Waals surface area contributed by atoms with E-state index in [1.54, 1.807) is 6.92 Å². The highest BCUT2D eigenvalue weighted by Gasteiger charge is 2.20. The molecule has 0 saturated carbocycles. The molecule has 0 aliphatic heterocycles. The van der Waals surface area contributed by atoms with Gasteiger partial charge in [-0.3, -0.25) is 4.98 Å². The predicted octanol–water partition coefficient (Wildman–Crippen LogP) is 1.99. The summed E-state index contributed by atoms with van der Waals surface area (Å²) in [7, 11) is 2.50. The van der Waals surface area contributed by atoms with Gasteiger partial charge in [-0.15, -0.1) is 0 Å². The van der Waals surface area contributed by atoms with Crippen molar-refractivity contribution in [3.8, 4) is 0 Å². The molecule has 0 unspecified atom stereocenters. The van der Waals surface area contributed by atoms with E-state index in [4.69, 9.17) is 0 Å². The Kier molecular flexibility index (Phi) is 6.55. The van der Waals surface area contributed by atoms with E-state index in [9.17, 15) is 9.59 Å². The maximum absolute atomic E-state index is 11.4. The molecule has 0 atom stereocenters. The van der Waals surface area contributed by atoms with Gasteiger partial charge in [0, 0.05) is 6.20 Å². The zero-order valence-corrected chi connectivity index (χ0v) is 10.7. The van der Waals surface area contributed by atoms with Crippen LogP contribution in [0.15, 0.2) is 12.3 Å². The molecule has 1 aromatic rings. The average Bonchev–Trinajstić information content (AvgIpc) is 2.39. The van der Waals surface area contributed by atoms with Gasteiger partial charge in [0.15, 0.2) is 0 Å². The summed E-state index contributed by atoms with van der Waals surface area (Å²) in [5.74, 6) is -1.18. The number of nitrogens with zero attached hydrogens (tertiary/aromatic N) is 1. The molecule has 0 amide bonds. The lowest BCUT2D eigenvalue weighted by Gasteiger charge is -2.07. The van der Waals surface area contributed by atoms with Crippen molar-refractivity contribution in [1.82, 2.24) is 4.98 Å². The van der Waals surface area contributed by atoms with E-state index in [2.05, 4.69) is 14.5 Å². The lowest BCUT2D eigenvalue weighted by Crippen LogP contribution is -2.14. The molecular weight excluding hydrogens is 222 g/mol. The Labute approximate surface area is 101 Å². The van der Waals surface area contributed by atoms with E-state index in [0.717, 1.165) is 0 Å². The molecule has 5 heteroatoms. The molecule has 0 aliphatic carbocycles. The van der Waals surface area contributed by atoms with Gasteiger partial charge >= 0.3 is 11.9 Å². The maximum atomic E-state index is 11.4. The number of esters is 2. The van der Waals surface area contributed by atoms with Crippen LogP contribution in [-0.2, 0) is 9.47 Å². The van der Waals surface area contributed by atoms with E-state index >= 15 is 0 Å². The Morgan fingerprint density at radius 2 is 1.65 bits per heavy atom. The highest BCUT2D eigenvalue weighted by molar-refractivity contribution is 6.03. The van der Waals surface area contributed by atoms with Gasteiger partial charge in [0.05, 0.1) is 31.0 Å². The fourth-order valence-electron chi connectivity index (χ4n) is 1.21. The van der Waals surface area contributed by atoms with Crippen molar-refractivity contribution in [2.75, 3.05) is 14.2 Å². The minimum Gasteiger partial charge on any atom is -0.465 e. The molecule has 17 heavy (non-hydrogen) atoms. The molecule has 0 bridgehead atoms. The van der Waals surface area contributed by atoms with Crippen molar-refractivity contribution in [2.24, 2.45) is 0 Å². The largest absolute Gasteiger partial charge is 0.465 e. The molecule has 0 spiro atoms. The van der Waals surface area contributed by atoms with E-state index in [1.807, 2.05) is 13.8 Å². The summed E-state index contributed by atoms with van der Waals surface area (Å²) < 4.78 is 9.12. The second-order valence-electron chi connectivity index (χ2n) is 2.80. The van der Waals surface area contributed by atoms with Gasteiger partial charge in [0.25, 0.3) is 0 Å². The summed E-state index contributed by atoms with van der Waals surface area (Å²) in [5.41, 5.74) is 0.744. The van der Waals surface area contributed by atoms with Crippen LogP contribution in [0.5, 0.6) is 0 Å². The van der Waals surface area contributed by atoms with Crippen LogP contribution in [0.3, 0.4) is 0 Å². The van der Waals surface area contributed by atoms with Crippen LogP contribution >= 0.6 is 0 Å². The summed E-state index contributed by atoms with van der Waals surface area (Å²) in [6.07, 6.45) is 1.44. The summed E-state index contributed by atoms with van der Waals surface area (Å²) in [6.45, 7) is 5.62. The van der Waals surface area contributed by atoms with Gasteiger partial charge in [-0.05, 0) is 13.0 Å². The first-order chi connectivity index (χ1) is 8.11. The fraction of sp³-hybridized carbons (Fsp3) is 0.417. The summed E-state index contributed by atoms with van der Waals surface area (Å²) in [6, 6.07) is 1.42. The summed E-state index contributed by atoms with van der Waals surface area (Å²) in [5, 5.41) is 0. The number of hydrogen-bond acceptors (Lipinski definition) is 5. The molecule has 1 aromatic heterocycles. The summed E-state index contributed by atoms with van der Waals surface area (Å²) >= 11 is 0. The zero-order chi connectivity index (χ0) is 13.4. The smallest absolute Gasteiger partial charge is 0.340 e. The fourth-order valence-corrected chi connectivity index (χ4v) is 1.21. The maximum Gasteiger partial charge on any atom is 0.340 e. The van der Waals surface area contributed by atoms with Gasteiger partial charge in [-0.25, -0.2) is 9.59 Å². The number of aromatic nitrogens is 1. The van der Waals surface area contributed by atoms with Gasteiger partial charge in [0.2, 0.25) is 0 Å². The highest BCUT2D eigenvalue weighted by Crippen LogP contribution is 2.14. The van der Waals surface area contributed by atoms with Crippen molar-refractivity contribution in [2.45, 2.75) is 20.8 Å². The Hall–Kier alpha value is -1.91. The third kappa shape index (κ3) is 3.55. The standard InChI is InChI=1S/C10H11NO4.C2H6/c1-6-8(10(13)15-3)7(4-5-11-6)9(12)14-2;1-2/h4-5H,1-3H3;1-2H3. The lowest BCUT2D eigenvalue weighted by atomic mass is 10.1. The quantitative estimate of drug-likeness (QED) is 0.738. The zero-order valence-electron chi connectivity index (χ0n) is 10.7. The van der Waals surface area contributed by atoms with Crippen molar-refractivity contribution < 1.29 is 19.1 Å². The first-order valence-electron chi connectivity index (χ1n) is 5.24. The molecule has 0 saturated heterocycles. The number of carbonyl (C=O) groups is 2. The second-order valence-corrected chi connectivity index (χ2v) is 2.80. The second kappa shape index (κ2) is 7.38. The molecule has 94 valence electrons. The van der Waals surface area contributed by atoms with Gasteiger partial charge in [-0.2, -0.15) is 0 Å². The number of pyridine rings is 1. The first kappa shape index (κ1) is 15.1. The Morgan fingerprint density at radius 3 is 2.12 bits per heavy atom. The predicted molar refractivity (Wildman–Crippen MR) is 63.0 cm³/mol. The molecule has 0 radical (unpaired) electrons. The van der Waals surface area contributed by atoms with Gasteiger partial charge in [-0.1, -0.05) is 13.8 Å². The number of methoxy groups -OCH3 is 2. The summed E-state index contributed by atoms with van der Waals surface area (Å²) in [4.78, 5) is 26.7. The Balaban J connectivity index is 0.00000121. The molecular formula is C12H17NO4. The Bertz CT molecular complexity index is 401. The lowest BCUT2D eigenvalue weighted by molar-refractivity contribution is 0.0554. The third-order valence-corrected chi connectivity index (χ3v) is 1.94. The van der Waals surface area contributed by atoms with Crippen molar-refractivity contribution in [1.29, 1.82) is 0 Å². The topological polar surface area (TPSA) is 65.5 Å². The molecule has 5 nitrogen and oxygen atoms in total. The number of ether oxygens (including phenoxy) is 2. The van der Waals surface area contributed by atoms with E-state index < -0.39 is 11.9 Å². The first-order valence-corrected chi connectivity index (χ1v) is 5.24. The van der Waals surface area contributed by atoms with Crippen molar-refractivity contribution in [3.05, 3.63) is 29.1 Å². The monoisotopic (exact) mass is 239 g/mol.